The third kappa shape index (κ3) is 3.83. The molecule has 0 atom stereocenters. The molecule has 0 spiro atoms. The van der Waals surface area contributed by atoms with E-state index in [9.17, 15) is 4.79 Å². The Morgan fingerprint density at radius 1 is 1.64 bits per heavy atom. The van der Waals surface area contributed by atoms with E-state index in [-0.39, 0.29) is 6.03 Å². The topological polar surface area (TPSA) is 41.6 Å². The van der Waals surface area contributed by atoms with Gasteiger partial charge in [-0.15, -0.1) is 0 Å². The SMILES string of the molecule is CCN(CCOC)C(=O)NC. The summed E-state index contributed by atoms with van der Waals surface area (Å²) in [6.45, 7) is 3.88. The second-order valence-corrected chi connectivity index (χ2v) is 2.13. The van der Waals surface area contributed by atoms with E-state index >= 15 is 0 Å². The molecule has 0 aromatic carbocycles. The lowest BCUT2D eigenvalue weighted by atomic mass is 10.5. The summed E-state index contributed by atoms with van der Waals surface area (Å²) in [5, 5.41) is 2.56. The monoisotopic (exact) mass is 160 g/mol. The number of carbonyl (C=O) groups excluding carboxylic acids is 1. The summed E-state index contributed by atoms with van der Waals surface area (Å²) in [6, 6.07) is -0.0513. The van der Waals surface area contributed by atoms with E-state index in [4.69, 9.17) is 4.74 Å². The molecule has 66 valence electrons. The Morgan fingerprint density at radius 2 is 2.27 bits per heavy atom. The first-order valence-corrected chi connectivity index (χ1v) is 3.71. The molecule has 0 aromatic rings. The summed E-state index contributed by atoms with van der Waals surface area (Å²) in [7, 11) is 3.25. The smallest absolute Gasteiger partial charge is 0.317 e. The third-order valence-corrected chi connectivity index (χ3v) is 1.45. The lowest BCUT2D eigenvalue weighted by Crippen LogP contribution is -2.39. The highest BCUT2D eigenvalue weighted by atomic mass is 16.5. The highest BCUT2D eigenvalue weighted by molar-refractivity contribution is 5.73. The Kier molecular flexibility index (Phi) is 5.56. The predicted molar refractivity (Wildman–Crippen MR) is 43.6 cm³/mol. The maximum atomic E-state index is 11.0. The van der Waals surface area contributed by atoms with Gasteiger partial charge in [0.15, 0.2) is 0 Å². The Labute approximate surface area is 67.5 Å². The molecule has 1 N–H and O–H groups in total. The van der Waals surface area contributed by atoms with E-state index in [1.54, 1.807) is 19.1 Å². The van der Waals surface area contributed by atoms with Gasteiger partial charge in [0.25, 0.3) is 0 Å². The van der Waals surface area contributed by atoms with Crippen LogP contribution in [0.25, 0.3) is 0 Å². The van der Waals surface area contributed by atoms with Crippen molar-refractivity contribution in [2.45, 2.75) is 6.92 Å². The van der Waals surface area contributed by atoms with Crippen molar-refractivity contribution >= 4 is 6.03 Å². The highest BCUT2D eigenvalue weighted by Gasteiger charge is 2.06. The van der Waals surface area contributed by atoms with Gasteiger partial charge in [-0.1, -0.05) is 0 Å². The highest BCUT2D eigenvalue weighted by Crippen LogP contribution is 1.87. The largest absolute Gasteiger partial charge is 0.383 e. The minimum absolute atomic E-state index is 0.0513. The molecule has 4 heteroatoms. The maximum Gasteiger partial charge on any atom is 0.317 e. The summed E-state index contributed by atoms with van der Waals surface area (Å²) in [5.74, 6) is 0. The summed E-state index contributed by atoms with van der Waals surface area (Å²) in [6.07, 6.45) is 0. The molecule has 11 heavy (non-hydrogen) atoms. The number of likely N-dealkylation sites (N-methyl/N-ethyl adjacent to an activating group) is 1. The Hall–Kier alpha value is -0.770. The van der Waals surface area contributed by atoms with Gasteiger partial charge in [-0.25, -0.2) is 4.79 Å². The van der Waals surface area contributed by atoms with Crippen LogP contribution >= 0.6 is 0 Å². The average Bonchev–Trinajstić information content (AvgIpc) is 2.05. The summed E-state index contributed by atoms with van der Waals surface area (Å²) >= 11 is 0. The van der Waals surface area contributed by atoms with Crippen LogP contribution < -0.4 is 5.32 Å². The van der Waals surface area contributed by atoms with E-state index in [2.05, 4.69) is 5.32 Å². The van der Waals surface area contributed by atoms with Crippen LogP contribution in [0.3, 0.4) is 0 Å². The van der Waals surface area contributed by atoms with Gasteiger partial charge in [-0.05, 0) is 6.92 Å². The van der Waals surface area contributed by atoms with Gasteiger partial charge in [0.05, 0.1) is 6.61 Å². The van der Waals surface area contributed by atoms with Gasteiger partial charge in [-0.2, -0.15) is 0 Å². The van der Waals surface area contributed by atoms with Crippen molar-refractivity contribution in [2.75, 3.05) is 33.9 Å². The van der Waals surface area contributed by atoms with Crippen molar-refractivity contribution in [2.24, 2.45) is 0 Å². The van der Waals surface area contributed by atoms with Crippen molar-refractivity contribution in [3.05, 3.63) is 0 Å². The van der Waals surface area contributed by atoms with Crippen LogP contribution in [0.15, 0.2) is 0 Å². The van der Waals surface area contributed by atoms with E-state index < -0.39 is 0 Å². The van der Waals surface area contributed by atoms with Crippen molar-refractivity contribution in [3.63, 3.8) is 0 Å². The maximum absolute atomic E-state index is 11.0. The minimum Gasteiger partial charge on any atom is -0.383 e. The minimum atomic E-state index is -0.0513. The first-order chi connectivity index (χ1) is 5.26. The molecule has 0 aromatic heterocycles. The molecule has 0 fully saturated rings. The fourth-order valence-corrected chi connectivity index (χ4v) is 0.763. The van der Waals surface area contributed by atoms with E-state index in [0.717, 1.165) is 0 Å². The molecular weight excluding hydrogens is 144 g/mol. The van der Waals surface area contributed by atoms with Crippen LogP contribution in [0.4, 0.5) is 4.79 Å². The van der Waals surface area contributed by atoms with Gasteiger partial charge >= 0.3 is 6.03 Å². The van der Waals surface area contributed by atoms with Gasteiger partial charge in [0, 0.05) is 27.2 Å². The molecule has 0 saturated heterocycles. The van der Waals surface area contributed by atoms with Crippen molar-refractivity contribution in [1.29, 1.82) is 0 Å². The first kappa shape index (κ1) is 10.2. The quantitative estimate of drug-likeness (QED) is 0.642. The molecule has 0 aliphatic heterocycles. The first-order valence-electron chi connectivity index (χ1n) is 3.71. The molecular formula is C7H16N2O2. The molecule has 0 bridgehead atoms. The molecule has 0 heterocycles. The number of carbonyl (C=O) groups is 1. The zero-order chi connectivity index (χ0) is 8.69. The molecule has 0 radical (unpaired) electrons. The molecule has 0 aliphatic rings. The molecule has 0 rings (SSSR count). The zero-order valence-electron chi connectivity index (χ0n) is 7.39. The molecule has 0 unspecified atom stereocenters. The van der Waals surface area contributed by atoms with Crippen LogP contribution in [0.5, 0.6) is 0 Å². The van der Waals surface area contributed by atoms with Crippen molar-refractivity contribution < 1.29 is 9.53 Å². The number of hydrogen-bond acceptors (Lipinski definition) is 2. The van der Waals surface area contributed by atoms with Crippen LogP contribution in [-0.4, -0.2) is 44.8 Å². The standard InChI is InChI=1S/C7H16N2O2/c1-4-9(5-6-11-3)7(10)8-2/h4-6H2,1-3H3,(H,8,10). The van der Waals surface area contributed by atoms with Crippen LogP contribution in [0.2, 0.25) is 0 Å². The van der Waals surface area contributed by atoms with Crippen LogP contribution in [0, 0.1) is 0 Å². The fourth-order valence-electron chi connectivity index (χ4n) is 0.763. The number of urea groups is 1. The number of nitrogens with zero attached hydrogens (tertiary/aromatic N) is 1. The number of nitrogens with one attached hydrogen (secondary N) is 1. The lowest BCUT2D eigenvalue weighted by Gasteiger charge is -2.19. The predicted octanol–water partition coefficient (Wildman–Crippen LogP) is 0.294. The molecule has 4 nitrogen and oxygen atoms in total. The zero-order valence-corrected chi connectivity index (χ0v) is 7.39. The van der Waals surface area contributed by atoms with E-state index in [1.807, 2.05) is 6.92 Å². The average molecular weight is 160 g/mol. The lowest BCUT2D eigenvalue weighted by molar-refractivity contribution is 0.152. The Balaban J connectivity index is 3.65. The van der Waals surface area contributed by atoms with Crippen LogP contribution in [0.1, 0.15) is 6.92 Å². The number of amides is 2. The second kappa shape index (κ2) is 5.97. The van der Waals surface area contributed by atoms with Gasteiger partial charge in [-0.3, -0.25) is 0 Å². The number of methoxy groups -OCH3 is 1. The second-order valence-electron chi connectivity index (χ2n) is 2.13. The van der Waals surface area contributed by atoms with Gasteiger partial charge in [0.2, 0.25) is 0 Å². The normalized spacial score (nSPS) is 9.36. The van der Waals surface area contributed by atoms with Crippen molar-refractivity contribution in [1.82, 2.24) is 10.2 Å². The Bertz CT molecular complexity index is 117. The molecule has 0 saturated carbocycles. The number of ether oxygens (including phenoxy) is 1. The summed E-state index contributed by atoms with van der Waals surface area (Å²) < 4.78 is 4.85. The summed E-state index contributed by atoms with van der Waals surface area (Å²) in [4.78, 5) is 12.7. The van der Waals surface area contributed by atoms with E-state index in [1.165, 1.54) is 0 Å². The van der Waals surface area contributed by atoms with Crippen molar-refractivity contribution in [3.8, 4) is 0 Å². The van der Waals surface area contributed by atoms with Gasteiger partial charge < -0.3 is 15.0 Å². The third-order valence-electron chi connectivity index (χ3n) is 1.45. The molecule has 2 amide bonds. The fraction of sp³-hybridized carbons (Fsp3) is 0.857. The molecule has 0 aliphatic carbocycles. The van der Waals surface area contributed by atoms with Crippen LogP contribution in [-0.2, 0) is 4.74 Å². The van der Waals surface area contributed by atoms with E-state index in [0.29, 0.717) is 19.7 Å². The Morgan fingerprint density at radius 3 is 2.64 bits per heavy atom. The number of rotatable bonds is 4. The summed E-state index contributed by atoms with van der Waals surface area (Å²) in [5.41, 5.74) is 0. The van der Waals surface area contributed by atoms with Gasteiger partial charge in [0.1, 0.15) is 0 Å². The number of hydrogen-bond donors (Lipinski definition) is 1.